The first-order valence-corrected chi connectivity index (χ1v) is 6.46. The standard InChI is InChI=1S/C5H10F3O3PS/c1-3-10-12(9,11-4-2)13-5(6,7)8/h3-4H2,1-2H3. The maximum Gasteiger partial charge on any atom is 0.452 e. The van der Waals surface area contributed by atoms with Crippen LogP contribution in [0, 0.1) is 0 Å². The molecule has 80 valence electrons. The van der Waals surface area contributed by atoms with Crippen LogP contribution >= 0.6 is 18.2 Å². The van der Waals surface area contributed by atoms with Gasteiger partial charge in [-0.1, -0.05) is 0 Å². The van der Waals surface area contributed by atoms with E-state index in [-0.39, 0.29) is 13.2 Å². The smallest absolute Gasteiger partial charge is 0.301 e. The van der Waals surface area contributed by atoms with Crippen LogP contribution in [0.3, 0.4) is 0 Å². The lowest BCUT2D eigenvalue weighted by Gasteiger charge is -2.16. The minimum absolute atomic E-state index is 0.0830. The van der Waals surface area contributed by atoms with Crippen LogP contribution in [0.4, 0.5) is 13.2 Å². The van der Waals surface area contributed by atoms with Crippen molar-refractivity contribution in [3.05, 3.63) is 0 Å². The Morgan fingerprint density at radius 2 is 1.62 bits per heavy atom. The van der Waals surface area contributed by atoms with Gasteiger partial charge in [-0.15, -0.1) is 0 Å². The molecule has 0 heterocycles. The quantitative estimate of drug-likeness (QED) is 0.687. The molecule has 0 aromatic heterocycles. The van der Waals surface area contributed by atoms with E-state index in [1.165, 1.54) is 13.8 Å². The summed E-state index contributed by atoms with van der Waals surface area (Å²) in [5.74, 6) is 0. The van der Waals surface area contributed by atoms with Crippen LogP contribution in [0.25, 0.3) is 0 Å². The summed E-state index contributed by atoms with van der Waals surface area (Å²) in [6.45, 7) is -1.32. The van der Waals surface area contributed by atoms with E-state index in [2.05, 4.69) is 9.05 Å². The molecule has 0 fully saturated rings. The number of rotatable bonds is 5. The van der Waals surface area contributed by atoms with E-state index in [9.17, 15) is 17.7 Å². The van der Waals surface area contributed by atoms with E-state index < -0.39 is 23.7 Å². The van der Waals surface area contributed by atoms with Crippen molar-refractivity contribution >= 4 is 18.2 Å². The average Bonchev–Trinajstić information content (AvgIpc) is 1.82. The van der Waals surface area contributed by atoms with Crippen LogP contribution in [-0.4, -0.2) is 18.7 Å². The van der Waals surface area contributed by atoms with Crippen molar-refractivity contribution in [2.24, 2.45) is 0 Å². The lowest BCUT2D eigenvalue weighted by atomic mass is 10.9. The highest BCUT2D eigenvalue weighted by Gasteiger charge is 2.42. The Kier molecular flexibility index (Phi) is 5.36. The Morgan fingerprint density at radius 3 is 1.85 bits per heavy atom. The third-order valence-corrected chi connectivity index (χ3v) is 4.29. The zero-order chi connectivity index (χ0) is 10.5. The van der Waals surface area contributed by atoms with E-state index in [1.807, 2.05) is 0 Å². The molecule has 0 saturated heterocycles. The molecule has 0 aromatic rings. The summed E-state index contributed by atoms with van der Waals surface area (Å²) in [7, 11) is 0. The summed E-state index contributed by atoms with van der Waals surface area (Å²) >= 11 is -0.736. The summed E-state index contributed by atoms with van der Waals surface area (Å²) in [5.41, 5.74) is -4.61. The second kappa shape index (κ2) is 5.24. The molecule has 8 heteroatoms. The van der Waals surface area contributed by atoms with Crippen molar-refractivity contribution < 1.29 is 26.8 Å². The Hall–Kier alpha value is 0.290. The molecule has 13 heavy (non-hydrogen) atoms. The highest BCUT2D eigenvalue weighted by atomic mass is 32.7. The molecule has 0 aliphatic carbocycles. The molecule has 0 bridgehead atoms. The molecule has 3 nitrogen and oxygen atoms in total. The average molecular weight is 238 g/mol. The molecule has 0 rings (SSSR count). The molecule has 0 aliphatic heterocycles. The topological polar surface area (TPSA) is 35.5 Å². The fourth-order valence-electron chi connectivity index (χ4n) is 0.533. The Labute approximate surface area is 78.3 Å². The van der Waals surface area contributed by atoms with Gasteiger partial charge in [-0.3, -0.25) is 0 Å². The van der Waals surface area contributed by atoms with Crippen molar-refractivity contribution in [3.63, 3.8) is 0 Å². The summed E-state index contributed by atoms with van der Waals surface area (Å²) < 4.78 is 55.6. The van der Waals surface area contributed by atoms with Gasteiger partial charge in [0.25, 0.3) is 0 Å². The molecule has 0 atom stereocenters. The van der Waals surface area contributed by atoms with Gasteiger partial charge in [-0.25, -0.2) is 4.57 Å². The predicted molar refractivity (Wildman–Crippen MR) is 44.5 cm³/mol. The van der Waals surface area contributed by atoms with Gasteiger partial charge in [0.15, 0.2) is 0 Å². The van der Waals surface area contributed by atoms with Crippen LogP contribution in [0.15, 0.2) is 0 Å². The fraction of sp³-hybridized carbons (Fsp3) is 1.00. The molecule has 0 N–H and O–H groups in total. The van der Waals surface area contributed by atoms with E-state index >= 15 is 0 Å². The van der Waals surface area contributed by atoms with Gasteiger partial charge in [0.05, 0.1) is 24.6 Å². The minimum atomic E-state index is -4.61. The highest BCUT2D eigenvalue weighted by Crippen LogP contribution is 2.66. The monoisotopic (exact) mass is 238 g/mol. The summed E-state index contributed by atoms with van der Waals surface area (Å²) in [6, 6.07) is 0. The van der Waals surface area contributed by atoms with E-state index in [0.717, 1.165) is 0 Å². The first-order valence-electron chi connectivity index (χ1n) is 3.49. The zero-order valence-corrected chi connectivity index (χ0v) is 8.84. The SMILES string of the molecule is CCOP(=O)(OCC)SC(F)(F)F. The second-order valence-corrected chi connectivity index (χ2v) is 5.77. The molecule has 0 saturated carbocycles. The maximum atomic E-state index is 11.8. The number of hydrogen-bond donors (Lipinski definition) is 0. The predicted octanol–water partition coefficient (Wildman–Crippen LogP) is 3.42. The molecule has 0 unspecified atom stereocenters. The van der Waals surface area contributed by atoms with Crippen LogP contribution in [0.2, 0.25) is 0 Å². The highest BCUT2D eigenvalue weighted by molar-refractivity contribution is 8.55. The van der Waals surface area contributed by atoms with Crippen molar-refractivity contribution in [1.82, 2.24) is 0 Å². The molecule has 0 aromatic carbocycles. The Balaban J connectivity index is 4.33. The first kappa shape index (κ1) is 13.3. The van der Waals surface area contributed by atoms with Gasteiger partial charge in [0.2, 0.25) is 0 Å². The molecule has 0 spiro atoms. The number of halogens is 3. The third-order valence-electron chi connectivity index (χ3n) is 0.790. The fourth-order valence-corrected chi connectivity index (χ4v) is 3.31. The Bertz CT molecular complexity index is 186. The minimum Gasteiger partial charge on any atom is -0.301 e. The van der Waals surface area contributed by atoms with Crippen molar-refractivity contribution in [1.29, 1.82) is 0 Å². The van der Waals surface area contributed by atoms with Gasteiger partial charge in [-0.05, 0) is 13.8 Å². The van der Waals surface area contributed by atoms with Crippen molar-refractivity contribution in [2.75, 3.05) is 13.2 Å². The normalized spacial score (nSPS) is 13.3. The third kappa shape index (κ3) is 6.37. The lowest BCUT2D eigenvalue weighted by molar-refractivity contribution is -0.0318. The zero-order valence-electron chi connectivity index (χ0n) is 7.13. The van der Waals surface area contributed by atoms with Crippen LogP contribution < -0.4 is 0 Å². The van der Waals surface area contributed by atoms with Crippen molar-refractivity contribution in [3.8, 4) is 0 Å². The van der Waals surface area contributed by atoms with E-state index in [4.69, 9.17) is 0 Å². The van der Waals surface area contributed by atoms with Gasteiger partial charge in [0.1, 0.15) is 0 Å². The van der Waals surface area contributed by atoms with Crippen LogP contribution in [0.1, 0.15) is 13.8 Å². The lowest BCUT2D eigenvalue weighted by Crippen LogP contribution is -2.03. The molecule has 0 radical (unpaired) electrons. The van der Waals surface area contributed by atoms with Gasteiger partial charge in [-0.2, -0.15) is 13.2 Å². The van der Waals surface area contributed by atoms with Gasteiger partial charge >= 0.3 is 12.3 Å². The molecular formula is C5H10F3O3PS. The van der Waals surface area contributed by atoms with Crippen molar-refractivity contribution in [2.45, 2.75) is 19.4 Å². The molecule has 0 aliphatic rings. The summed E-state index contributed by atoms with van der Waals surface area (Å²) in [6.07, 6.45) is 0. The summed E-state index contributed by atoms with van der Waals surface area (Å²) in [4.78, 5) is 0. The Morgan fingerprint density at radius 1 is 1.23 bits per heavy atom. The molecular weight excluding hydrogens is 228 g/mol. The summed E-state index contributed by atoms with van der Waals surface area (Å²) in [5, 5.41) is 0. The van der Waals surface area contributed by atoms with Crippen LogP contribution in [-0.2, 0) is 13.6 Å². The van der Waals surface area contributed by atoms with E-state index in [0.29, 0.717) is 0 Å². The number of alkyl halides is 3. The number of hydrogen-bond acceptors (Lipinski definition) is 4. The van der Waals surface area contributed by atoms with Gasteiger partial charge < -0.3 is 9.05 Å². The second-order valence-electron chi connectivity index (χ2n) is 1.82. The van der Waals surface area contributed by atoms with Gasteiger partial charge in [0, 0.05) is 0 Å². The first-order chi connectivity index (χ1) is 5.83. The molecule has 0 amide bonds. The largest absolute Gasteiger partial charge is 0.452 e. The maximum absolute atomic E-state index is 11.8. The van der Waals surface area contributed by atoms with Crippen LogP contribution in [0.5, 0.6) is 0 Å². The van der Waals surface area contributed by atoms with E-state index in [1.54, 1.807) is 0 Å².